The number of benzene rings is 5. The molecule has 0 bridgehead atoms. The number of carbonyl (C=O) groups excluding carboxylic acids is 6. The van der Waals surface area contributed by atoms with Gasteiger partial charge in [0.15, 0.2) is 17.3 Å². The third-order valence-electron chi connectivity index (χ3n) is 25.8. The number of hydrogen-bond donors (Lipinski definition) is 0. The summed E-state index contributed by atoms with van der Waals surface area (Å²) in [5, 5.41) is 39.0. The molecule has 0 saturated carbocycles. The van der Waals surface area contributed by atoms with Gasteiger partial charge in [-0.15, -0.1) is 0 Å². The van der Waals surface area contributed by atoms with Crippen molar-refractivity contribution in [3.05, 3.63) is 124 Å². The summed E-state index contributed by atoms with van der Waals surface area (Å²) in [7, 11) is 0. The third kappa shape index (κ3) is 38.2. The van der Waals surface area contributed by atoms with Gasteiger partial charge in [-0.3, -0.25) is 28.8 Å². The van der Waals surface area contributed by atoms with E-state index >= 15 is 0 Å². The van der Waals surface area contributed by atoms with Gasteiger partial charge in [-0.05, 0) is 162 Å². The molecule has 0 N–H and O–H groups in total. The Bertz CT molecular complexity index is 4990. The molecule has 8 unspecified atom stereocenters. The first-order valence-corrected chi connectivity index (χ1v) is 59.1. The van der Waals surface area contributed by atoms with Crippen molar-refractivity contribution in [2.45, 2.75) is 390 Å². The second-order valence-corrected chi connectivity index (χ2v) is 47.1. The first-order valence-electron chi connectivity index (χ1n) is 52.6. The highest BCUT2D eigenvalue weighted by Gasteiger charge is 2.39. The molecule has 4 aliphatic rings. The van der Waals surface area contributed by atoms with Gasteiger partial charge in [0.05, 0.1) is 108 Å². The number of carbonyl (C=O) groups is 6. The summed E-state index contributed by atoms with van der Waals surface area (Å²) < 4.78 is 52.3. The van der Waals surface area contributed by atoms with Crippen LogP contribution in [0, 0.1) is 98.1 Å². The minimum absolute atomic E-state index is 0.0366. The lowest BCUT2D eigenvalue weighted by Gasteiger charge is -2.19. The van der Waals surface area contributed by atoms with Gasteiger partial charge in [-0.1, -0.05) is 397 Å². The molecule has 0 aromatic heterocycles. The highest BCUT2D eigenvalue weighted by molar-refractivity contribution is 8.26. The molecule has 0 spiro atoms. The zero-order valence-electron chi connectivity index (χ0n) is 88.8. The SMILES string of the molecule is CCCCC(CC)C(=O)Oc1ccc(OC(=O)C(CC)CCCC)c2c1SC(=C(C#N)C(C)=O)S2.CCCCC(CC)COc1ccc(OCC(CC)CCCC)c2c1SC(=C(C#N)C(=O)C(C)(C)C)S2.CCCCC(CC)COc1ccc(OCC(CC)CCCC)c2c1SC(=C(C#N)C(=O)c1ccccc1)S2.CCCCC(CC)COc1ccc(OCC(CC)CCCC)c2c1SC(=C(C#N)C(C)=O)S2. The minimum atomic E-state index is -0.617. The van der Waals surface area contributed by atoms with E-state index in [2.05, 4.69) is 115 Å². The van der Waals surface area contributed by atoms with Crippen molar-refractivity contribution < 1.29 is 66.7 Å². The molecule has 0 radical (unpaired) electrons. The fourth-order valence-corrected chi connectivity index (χ4v) is 26.5. The molecule has 0 fully saturated rings. The predicted octanol–water partition coefficient (Wildman–Crippen LogP) is 35.0. The van der Waals surface area contributed by atoms with Gasteiger partial charge < -0.3 is 37.9 Å². The molecule has 26 heteroatoms. The van der Waals surface area contributed by atoms with Gasteiger partial charge in [0.25, 0.3) is 0 Å². The molecule has 0 amide bonds. The average molecular weight is 2090 g/mol. The molecule has 5 aromatic carbocycles. The third-order valence-corrected chi connectivity index (χ3v) is 36.4. The van der Waals surface area contributed by atoms with E-state index in [0.29, 0.717) is 123 Å². The summed E-state index contributed by atoms with van der Waals surface area (Å²) in [5.74, 6) is 6.77. The van der Waals surface area contributed by atoms with E-state index in [1.54, 1.807) is 24.3 Å². The summed E-state index contributed by atoms with van der Waals surface area (Å²) in [6.45, 7) is 47.1. The van der Waals surface area contributed by atoms with Crippen molar-refractivity contribution in [2.75, 3.05) is 39.6 Å². The standard InChI is InChI=1S/C32H41NO3S2.C30H45NO3S2.C27H35NO5S2.C27H39NO3S2/c1-5-9-14-23(7-3)21-35-27-18-19-28(36-22-24(8-4)15-10-6-2)31-30(27)37-32(38-31)26(20-33)29(34)25-16-12-11-13-17-25;1-8-12-14-21(10-3)19-33-24-16-17-25(34-20-22(11-4)15-13-9-2)27-26(24)35-29(36-27)23(18-31)28(32)30(5,6)7;1-6-10-12-18(8-3)25(30)32-21-14-15-22(33-26(31)19(9-4)13-11-7-2)24-23(21)34-27(35-24)20(16-28)17(5)29;1-6-10-12-20(8-3)17-30-23-14-15-24(31-18-21(9-4)13-11-7-2)26-25(23)32-27(33-26)22(16-28)19(5)29/h11-13,16-19,23-24H,5-10,14-15,21-22H2,1-4H3;16-17,21-22H,8-15,19-20H2,1-7H3;14-15,18-19H,6-13H2,1-5H3;14-15,20-21H,6-13,17-18H2,1-5H3. The Morgan fingerprint density at radius 2 is 0.493 bits per heavy atom. The smallest absolute Gasteiger partial charge is 0.314 e. The van der Waals surface area contributed by atoms with Crippen LogP contribution in [0.5, 0.6) is 46.0 Å². The monoisotopic (exact) mass is 2090 g/mol. The Balaban J connectivity index is 0.000000290. The van der Waals surface area contributed by atoms with Crippen LogP contribution in [0.25, 0.3) is 0 Å². The van der Waals surface area contributed by atoms with Crippen molar-refractivity contribution in [1.82, 2.24) is 0 Å². The number of rotatable bonds is 59. The molecule has 776 valence electrons. The maximum Gasteiger partial charge on any atom is 0.314 e. The van der Waals surface area contributed by atoms with Gasteiger partial charge in [-0.2, -0.15) is 21.0 Å². The van der Waals surface area contributed by atoms with Crippen LogP contribution in [-0.4, -0.2) is 74.7 Å². The minimum Gasteiger partial charge on any atom is -0.492 e. The molecule has 4 heterocycles. The van der Waals surface area contributed by atoms with Gasteiger partial charge in [0.1, 0.15) is 92.6 Å². The summed E-state index contributed by atoms with van der Waals surface area (Å²) in [5.41, 5.74) is 0.548. The summed E-state index contributed by atoms with van der Waals surface area (Å²) >= 11 is 11.2. The Labute approximate surface area is 886 Å². The number of hydrogen-bond acceptors (Lipinski definition) is 26. The lowest BCUT2D eigenvalue weighted by molar-refractivity contribution is -0.140. The molecule has 18 nitrogen and oxygen atoms in total. The first kappa shape index (κ1) is 123. The fraction of sp³-hybridized carbons (Fsp3) is 0.586. The second-order valence-electron chi connectivity index (χ2n) is 37.9. The Morgan fingerprint density at radius 1 is 0.282 bits per heavy atom. The molecule has 0 aliphatic carbocycles. The molecule has 8 atom stereocenters. The maximum absolute atomic E-state index is 13.2. The average Bonchev–Trinajstić information content (AvgIpc) is 1.66. The zero-order chi connectivity index (χ0) is 104. The molecule has 142 heavy (non-hydrogen) atoms. The predicted molar refractivity (Wildman–Crippen MR) is 590 cm³/mol. The first-order chi connectivity index (χ1) is 68.5. The Kier molecular flexibility index (Phi) is 58.1. The molecule has 4 aliphatic heterocycles. The lowest BCUT2D eigenvalue weighted by atomic mass is 9.87. The quantitative estimate of drug-likeness (QED) is 0.0115. The van der Waals surface area contributed by atoms with E-state index in [4.69, 9.17) is 37.9 Å². The highest BCUT2D eigenvalue weighted by Crippen LogP contribution is 2.63. The number of Topliss-reactive ketones (excluding diaryl/α,β-unsaturated/α-hetero) is 4. The van der Waals surface area contributed by atoms with Crippen LogP contribution >= 0.6 is 94.1 Å². The van der Waals surface area contributed by atoms with E-state index in [9.17, 15) is 49.8 Å². The number of thioether (sulfide) groups is 8. The lowest BCUT2D eigenvalue weighted by Crippen LogP contribution is -2.21. The van der Waals surface area contributed by atoms with E-state index in [1.165, 1.54) is 198 Å². The number of ketones is 4. The summed E-state index contributed by atoms with van der Waals surface area (Å²) in [6, 6.07) is 32.7. The van der Waals surface area contributed by atoms with Crippen LogP contribution in [-0.2, 0) is 24.0 Å². The van der Waals surface area contributed by atoms with Crippen molar-refractivity contribution in [2.24, 2.45) is 52.8 Å². The topological polar surface area (TPSA) is 271 Å². The summed E-state index contributed by atoms with van der Waals surface area (Å²) in [4.78, 5) is 83.0. The molecule has 0 saturated heterocycles. The Morgan fingerprint density at radius 3 is 0.697 bits per heavy atom. The van der Waals surface area contributed by atoms with Crippen LogP contribution in [0.1, 0.15) is 361 Å². The number of fused-ring (bicyclic) bond motifs is 4. The van der Waals surface area contributed by atoms with Gasteiger partial charge >= 0.3 is 11.9 Å². The molecule has 9 rings (SSSR count). The van der Waals surface area contributed by atoms with Gasteiger partial charge in [0, 0.05) is 11.0 Å². The molecular formula is C116H160N4O14S8. The van der Waals surface area contributed by atoms with Crippen molar-refractivity contribution >= 4 is 129 Å². The number of unbranched alkanes of at least 4 members (excludes halogenated alkanes) is 8. The normalized spacial score (nSPS) is 14.2. The highest BCUT2D eigenvalue weighted by atomic mass is 32.2. The second kappa shape index (κ2) is 67.2. The van der Waals surface area contributed by atoms with Crippen LogP contribution in [0.15, 0.2) is 157 Å². The van der Waals surface area contributed by atoms with Gasteiger partial charge in [0.2, 0.25) is 5.78 Å². The van der Waals surface area contributed by atoms with E-state index in [0.717, 1.165) is 175 Å². The van der Waals surface area contributed by atoms with Crippen molar-refractivity contribution in [1.29, 1.82) is 21.0 Å². The molecular weight excluding hydrogens is 1930 g/mol. The zero-order valence-corrected chi connectivity index (χ0v) is 95.3. The fourth-order valence-electron chi connectivity index (χ4n) is 15.9. The van der Waals surface area contributed by atoms with Crippen LogP contribution in [0.3, 0.4) is 0 Å². The van der Waals surface area contributed by atoms with Crippen molar-refractivity contribution in [3.8, 4) is 70.3 Å². The van der Waals surface area contributed by atoms with Crippen LogP contribution in [0.2, 0.25) is 0 Å². The van der Waals surface area contributed by atoms with Gasteiger partial charge in [-0.25, -0.2) is 0 Å². The van der Waals surface area contributed by atoms with E-state index in [1.807, 2.05) is 95.3 Å². The van der Waals surface area contributed by atoms with Crippen LogP contribution in [0.4, 0.5) is 0 Å². The largest absolute Gasteiger partial charge is 0.492 e. The maximum atomic E-state index is 13.2. The van der Waals surface area contributed by atoms with Crippen molar-refractivity contribution in [3.63, 3.8) is 0 Å². The van der Waals surface area contributed by atoms with Crippen LogP contribution < -0.4 is 37.9 Å². The number of nitrogens with zero attached hydrogens (tertiary/aromatic N) is 4. The number of nitriles is 4. The number of allylic oxidation sites excluding steroid dienone is 4. The van der Waals surface area contributed by atoms with E-state index < -0.39 is 5.41 Å². The Hall–Kier alpha value is -7.76. The van der Waals surface area contributed by atoms with E-state index in [-0.39, 0.29) is 69.2 Å². The molecule has 5 aromatic rings. The number of ether oxygens (including phenoxy) is 8. The summed E-state index contributed by atoms with van der Waals surface area (Å²) in [6.07, 6.45) is 34.7. The number of esters is 2.